The molecule has 2 aromatic rings. The third-order valence-electron chi connectivity index (χ3n) is 3.05. The van der Waals surface area contributed by atoms with Crippen molar-refractivity contribution in [2.45, 2.75) is 12.4 Å². The van der Waals surface area contributed by atoms with Gasteiger partial charge in [-0.1, -0.05) is 12.1 Å². The fourth-order valence-electron chi connectivity index (χ4n) is 1.93. The zero-order valence-electron chi connectivity index (χ0n) is 11.8. The lowest BCUT2D eigenvalue weighted by molar-refractivity contribution is -0.143. The molecule has 0 saturated carbocycles. The highest BCUT2D eigenvalue weighted by Gasteiger charge is 2.37. The first-order chi connectivity index (χ1) is 11.0. The van der Waals surface area contributed by atoms with Crippen LogP contribution in [0, 0.1) is 0 Å². The van der Waals surface area contributed by atoms with E-state index in [9.17, 15) is 31.1 Å². The molecule has 0 aliphatic heterocycles. The van der Waals surface area contributed by atoms with E-state index in [1.807, 2.05) is 5.32 Å². The minimum Gasteiger partial charge on any atom is -0.398 e. The van der Waals surface area contributed by atoms with Crippen molar-refractivity contribution in [3.8, 4) is 0 Å². The second-order valence-electron chi connectivity index (χ2n) is 4.84. The van der Waals surface area contributed by atoms with Crippen molar-refractivity contribution < 1.29 is 31.1 Å². The highest BCUT2D eigenvalue weighted by molar-refractivity contribution is 6.07. The Morgan fingerprint density at radius 1 is 0.875 bits per heavy atom. The summed E-state index contributed by atoms with van der Waals surface area (Å²) in [5.41, 5.74) is 1.85. The van der Waals surface area contributed by atoms with Crippen LogP contribution >= 0.6 is 0 Å². The van der Waals surface area contributed by atoms with Crippen molar-refractivity contribution in [1.29, 1.82) is 0 Å². The summed E-state index contributed by atoms with van der Waals surface area (Å²) in [5, 5.41) is 2.01. The molecule has 0 aromatic heterocycles. The molecule has 0 unspecified atom stereocenters. The van der Waals surface area contributed by atoms with E-state index >= 15 is 0 Å². The number of para-hydroxylation sites is 1. The maximum Gasteiger partial charge on any atom is 0.416 e. The molecule has 0 atom stereocenters. The summed E-state index contributed by atoms with van der Waals surface area (Å²) in [6, 6.07) is 6.48. The summed E-state index contributed by atoms with van der Waals surface area (Å²) >= 11 is 0. The van der Waals surface area contributed by atoms with E-state index in [1.165, 1.54) is 24.3 Å². The molecule has 0 radical (unpaired) electrons. The van der Waals surface area contributed by atoms with Crippen LogP contribution in [0.4, 0.5) is 37.7 Å². The van der Waals surface area contributed by atoms with Crippen LogP contribution in [0.1, 0.15) is 21.5 Å². The van der Waals surface area contributed by atoms with Crippen molar-refractivity contribution in [2.24, 2.45) is 0 Å². The summed E-state index contributed by atoms with van der Waals surface area (Å²) in [6.45, 7) is 0. The van der Waals surface area contributed by atoms with Crippen LogP contribution in [-0.2, 0) is 12.4 Å². The molecule has 1 amide bonds. The minimum atomic E-state index is -4.99. The second-order valence-corrected chi connectivity index (χ2v) is 4.84. The predicted octanol–water partition coefficient (Wildman–Crippen LogP) is 4.56. The molecule has 0 spiro atoms. The number of nitrogen functional groups attached to an aromatic ring is 1. The average molecular weight is 348 g/mol. The maximum atomic E-state index is 12.8. The van der Waals surface area contributed by atoms with E-state index in [-0.39, 0.29) is 17.3 Å². The van der Waals surface area contributed by atoms with Gasteiger partial charge in [0.15, 0.2) is 0 Å². The number of nitrogens with one attached hydrogen (secondary N) is 1. The molecule has 9 heteroatoms. The Balaban J connectivity index is 2.43. The van der Waals surface area contributed by atoms with Gasteiger partial charge in [0, 0.05) is 11.4 Å². The van der Waals surface area contributed by atoms with Crippen LogP contribution in [-0.4, -0.2) is 5.91 Å². The minimum absolute atomic E-state index is 0.0213. The Morgan fingerprint density at radius 3 is 1.83 bits per heavy atom. The molecule has 3 N–H and O–H groups in total. The Morgan fingerprint density at radius 2 is 1.38 bits per heavy atom. The second kappa shape index (κ2) is 6.06. The van der Waals surface area contributed by atoms with Crippen LogP contribution in [0.5, 0.6) is 0 Å². The number of alkyl halides is 6. The van der Waals surface area contributed by atoms with Crippen molar-refractivity contribution in [1.82, 2.24) is 0 Å². The van der Waals surface area contributed by atoms with Gasteiger partial charge in [-0.15, -0.1) is 0 Å². The molecule has 0 aliphatic carbocycles. The smallest absolute Gasteiger partial charge is 0.398 e. The summed E-state index contributed by atoms with van der Waals surface area (Å²) in [4.78, 5) is 12.0. The van der Waals surface area contributed by atoms with Gasteiger partial charge in [0.2, 0.25) is 0 Å². The molecular weight excluding hydrogens is 338 g/mol. The zero-order valence-corrected chi connectivity index (χ0v) is 11.8. The van der Waals surface area contributed by atoms with Gasteiger partial charge in [-0.2, -0.15) is 26.3 Å². The molecule has 0 bridgehead atoms. The average Bonchev–Trinajstić information content (AvgIpc) is 2.45. The first kappa shape index (κ1) is 17.6. The van der Waals surface area contributed by atoms with Crippen LogP contribution in [0.25, 0.3) is 0 Å². The van der Waals surface area contributed by atoms with Crippen molar-refractivity contribution >= 4 is 17.3 Å². The maximum absolute atomic E-state index is 12.8. The lowest BCUT2D eigenvalue weighted by Crippen LogP contribution is -2.16. The summed E-state index contributed by atoms with van der Waals surface area (Å²) in [5.74, 6) is -0.916. The third-order valence-corrected chi connectivity index (χ3v) is 3.05. The van der Waals surface area contributed by atoms with Gasteiger partial charge in [-0.25, -0.2) is 0 Å². The zero-order chi connectivity index (χ0) is 18.1. The van der Waals surface area contributed by atoms with Gasteiger partial charge in [-0.3, -0.25) is 4.79 Å². The molecule has 2 aromatic carbocycles. The molecule has 0 aliphatic rings. The topological polar surface area (TPSA) is 55.1 Å². The molecule has 0 fully saturated rings. The highest BCUT2D eigenvalue weighted by atomic mass is 19.4. The van der Waals surface area contributed by atoms with Gasteiger partial charge in [0.25, 0.3) is 5.91 Å². The molecule has 0 saturated heterocycles. The van der Waals surface area contributed by atoms with Gasteiger partial charge in [0.1, 0.15) is 0 Å². The van der Waals surface area contributed by atoms with Crippen molar-refractivity contribution in [3.63, 3.8) is 0 Å². The predicted molar refractivity (Wildman–Crippen MR) is 75.3 cm³/mol. The number of amides is 1. The Bertz CT molecular complexity index is 735. The Hall–Kier alpha value is -2.71. The van der Waals surface area contributed by atoms with Gasteiger partial charge in [0.05, 0.1) is 16.7 Å². The number of halogens is 6. The molecular formula is C15H10F6N2O. The van der Waals surface area contributed by atoms with E-state index in [1.54, 1.807) is 0 Å². The van der Waals surface area contributed by atoms with E-state index in [4.69, 9.17) is 5.73 Å². The summed E-state index contributed by atoms with van der Waals surface area (Å²) < 4.78 is 76.6. The summed E-state index contributed by atoms with van der Waals surface area (Å²) in [7, 11) is 0. The largest absolute Gasteiger partial charge is 0.416 e. The quantitative estimate of drug-likeness (QED) is 0.618. The third kappa shape index (κ3) is 3.98. The molecule has 128 valence electrons. The highest BCUT2D eigenvalue weighted by Crippen LogP contribution is 2.37. The lowest BCUT2D eigenvalue weighted by Gasteiger charge is -2.15. The normalized spacial score (nSPS) is 12.1. The van der Waals surface area contributed by atoms with E-state index < -0.39 is 35.1 Å². The SMILES string of the molecule is Nc1ccccc1C(=O)Nc1cc(C(F)(F)F)cc(C(F)(F)F)c1. The van der Waals surface area contributed by atoms with Gasteiger partial charge in [-0.05, 0) is 30.3 Å². The number of carbonyl (C=O) groups is 1. The van der Waals surface area contributed by atoms with Gasteiger partial charge < -0.3 is 11.1 Å². The fraction of sp³-hybridized carbons (Fsp3) is 0.133. The standard InChI is InChI=1S/C15H10F6N2O/c16-14(17,18)8-5-9(15(19,20)21)7-10(6-8)23-13(24)11-3-1-2-4-12(11)22/h1-7H,22H2,(H,23,24). The number of hydrogen-bond donors (Lipinski definition) is 2. The van der Waals surface area contributed by atoms with Crippen molar-refractivity contribution in [3.05, 3.63) is 59.2 Å². The molecule has 24 heavy (non-hydrogen) atoms. The monoisotopic (exact) mass is 348 g/mol. The number of nitrogens with two attached hydrogens (primary N) is 1. The number of carbonyl (C=O) groups excluding carboxylic acids is 1. The molecule has 0 heterocycles. The lowest BCUT2D eigenvalue weighted by atomic mass is 10.1. The van der Waals surface area contributed by atoms with E-state index in [2.05, 4.69) is 0 Å². The number of rotatable bonds is 2. The van der Waals surface area contributed by atoms with Crippen molar-refractivity contribution in [2.75, 3.05) is 11.1 Å². The number of benzene rings is 2. The number of hydrogen-bond acceptors (Lipinski definition) is 2. The molecule has 3 nitrogen and oxygen atoms in total. The van der Waals surface area contributed by atoms with Gasteiger partial charge >= 0.3 is 12.4 Å². The van der Waals surface area contributed by atoms with E-state index in [0.29, 0.717) is 12.1 Å². The van der Waals surface area contributed by atoms with Crippen LogP contribution in [0.2, 0.25) is 0 Å². The van der Waals surface area contributed by atoms with Crippen LogP contribution < -0.4 is 11.1 Å². The first-order valence-corrected chi connectivity index (χ1v) is 6.44. The Kier molecular flexibility index (Phi) is 4.46. The fourth-order valence-corrected chi connectivity index (χ4v) is 1.93. The molecule has 2 rings (SSSR count). The Labute approximate surface area is 132 Å². The number of anilines is 2. The van der Waals surface area contributed by atoms with E-state index in [0.717, 1.165) is 0 Å². The first-order valence-electron chi connectivity index (χ1n) is 6.44. The van der Waals surface area contributed by atoms with Crippen LogP contribution in [0.15, 0.2) is 42.5 Å². The van der Waals surface area contributed by atoms with Crippen LogP contribution in [0.3, 0.4) is 0 Å². The summed E-state index contributed by atoms with van der Waals surface area (Å²) in [6.07, 6.45) is -9.99.